The van der Waals surface area contributed by atoms with E-state index in [0.29, 0.717) is 17.8 Å². The average Bonchev–Trinajstić information content (AvgIpc) is 2.37. The number of pyridine rings is 1. The number of benzene rings is 1. The maximum Gasteiger partial charge on any atom is 0.267 e. The topological polar surface area (TPSA) is 59.2 Å². The Balaban J connectivity index is 2.14. The van der Waals surface area contributed by atoms with Crippen LogP contribution in [0.25, 0.3) is 10.8 Å². The van der Waals surface area contributed by atoms with Crippen molar-refractivity contribution in [2.45, 2.75) is 32.4 Å². The molecular weight excluding hydrogens is 238 g/mol. The molecule has 0 bridgehead atoms. The molecule has 2 atom stereocenters. The minimum atomic E-state index is -0.479. The van der Waals surface area contributed by atoms with Crippen molar-refractivity contribution < 1.29 is 4.79 Å². The van der Waals surface area contributed by atoms with Gasteiger partial charge in [0.25, 0.3) is 5.91 Å². The zero-order valence-electron chi connectivity index (χ0n) is 11.1. The predicted molar refractivity (Wildman–Crippen MR) is 76.3 cm³/mol. The van der Waals surface area contributed by atoms with Crippen LogP contribution in [0.15, 0.2) is 30.5 Å². The largest absolute Gasteiger partial charge is 0.366 e. The smallest absolute Gasteiger partial charge is 0.267 e. The van der Waals surface area contributed by atoms with E-state index in [9.17, 15) is 4.79 Å². The lowest BCUT2D eigenvalue weighted by Crippen LogP contribution is -2.53. The van der Waals surface area contributed by atoms with E-state index < -0.39 is 5.91 Å². The van der Waals surface area contributed by atoms with Crippen LogP contribution in [0.1, 0.15) is 30.8 Å². The lowest BCUT2D eigenvalue weighted by molar-refractivity contribution is 0.0997. The Morgan fingerprint density at radius 3 is 2.68 bits per heavy atom. The van der Waals surface area contributed by atoms with Crippen LogP contribution in [0.4, 0.5) is 5.69 Å². The number of nitrogens with zero attached hydrogens (tertiary/aromatic N) is 2. The van der Waals surface area contributed by atoms with E-state index >= 15 is 0 Å². The van der Waals surface area contributed by atoms with Crippen molar-refractivity contribution in [2.75, 3.05) is 4.90 Å². The highest BCUT2D eigenvalue weighted by atomic mass is 16.1. The SMILES string of the molecule is CC1CC(C)N1c1ccc2ccnc(C(N)=O)c2c1. The van der Waals surface area contributed by atoms with Gasteiger partial charge >= 0.3 is 0 Å². The molecule has 2 heterocycles. The van der Waals surface area contributed by atoms with Crippen LogP contribution in [0.3, 0.4) is 0 Å². The minimum Gasteiger partial charge on any atom is -0.366 e. The van der Waals surface area contributed by atoms with Gasteiger partial charge in [-0.3, -0.25) is 9.78 Å². The van der Waals surface area contributed by atoms with Crippen LogP contribution < -0.4 is 10.6 Å². The number of anilines is 1. The number of aromatic nitrogens is 1. The Kier molecular flexibility index (Phi) is 2.66. The Labute approximate surface area is 112 Å². The number of nitrogens with two attached hydrogens (primary N) is 1. The third-order valence-electron chi connectivity index (χ3n) is 3.91. The van der Waals surface area contributed by atoms with Gasteiger partial charge in [-0.25, -0.2) is 0 Å². The van der Waals surface area contributed by atoms with E-state index in [-0.39, 0.29) is 0 Å². The van der Waals surface area contributed by atoms with Gasteiger partial charge in [0.15, 0.2) is 0 Å². The minimum absolute atomic E-state index is 0.347. The van der Waals surface area contributed by atoms with Crippen molar-refractivity contribution in [2.24, 2.45) is 5.73 Å². The fourth-order valence-corrected chi connectivity index (χ4v) is 3.04. The zero-order chi connectivity index (χ0) is 13.6. The molecule has 4 nitrogen and oxygen atoms in total. The van der Waals surface area contributed by atoms with E-state index in [1.54, 1.807) is 6.20 Å². The van der Waals surface area contributed by atoms with Gasteiger partial charge in [-0.05, 0) is 43.9 Å². The molecule has 1 saturated heterocycles. The highest BCUT2D eigenvalue weighted by Crippen LogP contribution is 2.34. The van der Waals surface area contributed by atoms with Crippen LogP contribution in [0.2, 0.25) is 0 Å². The van der Waals surface area contributed by atoms with Gasteiger partial charge in [0.05, 0.1) is 0 Å². The summed E-state index contributed by atoms with van der Waals surface area (Å²) < 4.78 is 0. The first-order chi connectivity index (χ1) is 9.08. The van der Waals surface area contributed by atoms with Crippen LogP contribution in [0, 0.1) is 0 Å². The van der Waals surface area contributed by atoms with Crippen molar-refractivity contribution in [1.29, 1.82) is 0 Å². The Hall–Kier alpha value is -2.10. The number of hydrogen-bond donors (Lipinski definition) is 1. The van der Waals surface area contributed by atoms with E-state index in [2.05, 4.69) is 29.8 Å². The fourth-order valence-electron chi connectivity index (χ4n) is 3.04. The molecular formula is C15H17N3O. The average molecular weight is 255 g/mol. The number of fused-ring (bicyclic) bond motifs is 1. The monoisotopic (exact) mass is 255 g/mol. The molecule has 1 amide bonds. The van der Waals surface area contributed by atoms with E-state index in [1.165, 1.54) is 6.42 Å². The molecule has 2 unspecified atom stereocenters. The van der Waals surface area contributed by atoms with Crippen molar-refractivity contribution in [3.63, 3.8) is 0 Å². The van der Waals surface area contributed by atoms with Crippen LogP contribution in [0.5, 0.6) is 0 Å². The number of carbonyl (C=O) groups is 1. The zero-order valence-corrected chi connectivity index (χ0v) is 11.1. The summed E-state index contributed by atoms with van der Waals surface area (Å²) in [6.07, 6.45) is 2.82. The molecule has 0 spiro atoms. The van der Waals surface area contributed by atoms with Crippen LogP contribution >= 0.6 is 0 Å². The number of primary amides is 1. The molecule has 0 radical (unpaired) electrons. The summed E-state index contributed by atoms with van der Waals surface area (Å²) in [5.41, 5.74) is 6.87. The predicted octanol–water partition coefficient (Wildman–Crippen LogP) is 2.32. The molecule has 98 valence electrons. The first kappa shape index (κ1) is 12.0. The van der Waals surface area contributed by atoms with Crippen LogP contribution in [-0.4, -0.2) is 23.0 Å². The quantitative estimate of drug-likeness (QED) is 0.896. The van der Waals surface area contributed by atoms with Gasteiger partial charge < -0.3 is 10.6 Å². The summed E-state index contributed by atoms with van der Waals surface area (Å²) >= 11 is 0. The molecule has 0 saturated carbocycles. The van der Waals surface area contributed by atoms with Crippen molar-refractivity contribution in [3.8, 4) is 0 Å². The first-order valence-electron chi connectivity index (χ1n) is 6.55. The summed E-state index contributed by atoms with van der Waals surface area (Å²) in [7, 11) is 0. The molecule has 3 rings (SSSR count). The first-order valence-corrected chi connectivity index (χ1v) is 6.55. The second-order valence-electron chi connectivity index (χ2n) is 5.27. The molecule has 1 aromatic heterocycles. The Morgan fingerprint density at radius 2 is 2.05 bits per heavy atom. The van der Waals surface area contributed by atoms with Gasteiger partial charge in [-0.1, -0.05) is 6.07 Å². The second-order valence-corrected chi connectivity index (χ2v) is 5.27. The number of rotatable bonds is 2. The molecule has 0 aliphatic carbocycles. The summed E-state index contributed by atoms with van der Waals surface area (Å²) in [6, 6.07) is 9.13. The van der Waals surface area contributed by atoms with Gasteiger partial charge in [-0.2, -0.15) is 0 Å². The maximum absolute atomic E-state index is 11.5. The molecule has 1 aliphatic heterocycles. The van der Waals surface area contributed by atoms with Gasteiger partial charge in [-0.15, -0.1) is 0 Å². The summed E-state index contributed by atoms with van der Waals surface area (Å²) in [4.78, 5) is 17.9. The van der Waals surface area contributed by atoms with Gasteiger partial charge in [0.1, 0.15) is 5.69 Å². The van der Waals surface area contributed by atoms with Crippen molar-refractivity contribution in [3.05, 3.63) is 36.2 Å². The normalized spacial score (nSPS) is 22.3. The third kappa shape index (κ3) is 1.84. The molecule has 4 heteroatoms. The lowest BCUT2D eigenvalue weighted by atomic mass is 9.94. The van der Waals surface area contributed by atoms with Crippen LogP contribution in [-0.2, 0) is 0 Å². The summed E-state index contributed by atoms with van der Waals surface area (Å²) in [5, 5.41) is 1.83. The van der Waals surface area contributed by atoms with E-state index in [1.807, 2.05) is 18.2 Å². The fraction of sp³-hybridized carbons (Fsp3) is 0.333. The molecule has 1 fully saturated rings. The second kappa shape index (κ2) is 4.23. The standard InChI is InChI=1S/C15H17N3O/c1-9-7-10(2)18(9)12-4-3-11-5-6-17-14(15(16)19)13(11)8-12/h3-6,8-10H,7H2,1-2H3,(H2,16,19). The molecule has 19 heavy (non-hydrogen) atoms. The Bertz CT molecular complexity index is 645. The highest BCUT2D eigenvalue weighted by Gasteiger charge is 2.31. The summed E-state index contributed by atoms with van der Waals surface area (Å²) in [6.45, 7) is 4.42. The maximum atomic E-state index is 11.5. The number of amides is 1. The number of hydrogen-bond acceptors (Lipinski definition) is 3. The van der Waals surface area contributed by atoms with Gasteiger partial charge in [0, 0.05) is 29.4 Å². The molecule has 1 aliphatic rings. The van der Waals surface area contributed by atoms with Crippen molar-refractivity contribution in [1.82, 2.24) is 4.98 Å². The third-order valence-corrected chi connectivity index (χ3v) is 3.91. The van der Waals surface area contributed by atoms with Gasteiger partial charge in [0.2, 0.25) is 0 Å². The molecule has 1 aromatic carbocycles. The van der Waals surface area contributed by atoms with Crippen molar-refractivity contribution >= 4 is 22.4 Å². The van der Waals surface area contributed by atoms with E-state index in [0.717, 1.165) is 16.5 Å². The number of carbonyl (C=O) groups excluding carboxylic acids is 1. The lowest BCUT2D eigenvalue weighted by Gasteiger charge is -2.47. The molecule has 2 N–H and O–H groups in total. The highest BCUT2D eigenvalue weighted by molar-refractivity contribution is 6.05. The Morgan fingerprint density at radius 1 is 1.32 bits per heavy atom. The van der Waals surface area contributed by atoms with E-state index in [4.69, 9.17) is 5.73 Å². The summed E-state index contributed by atoms with van der Waals surface area (Å²) in [5.74, 6) is -0.479. The molecule has 2 aromatic rings.